The Labute approximate surface area is 80.5 Å². The highest BCUT2D eigenvalue weighted by atomic mass is 16.4. The third kappa shape index (κ3) is 2.46. The summed E-state index contributed by atoms with van der Waals surface area (Å²) in [6.07, 6.45) is -0.172. The summed E-state index contributed by atoms with van der Waals surface area (Å²) in [6, 6.07) is 0. The molecule has 14 heavy (non-hydrogen) atoms. The lowest BCUT2D eigenvalue weighted by molar-refractivity contribution is -0.0790. The molecule has 0 aliphatic heterocycles. The maximum atomic E-state index is 9.47. The molecule has 0 aliphatic rings. The summed E-state index contributed by atoms with van der Waals surface area (Å²) in [7, 11) is 0. The van der Waals surface area contributed by atoms with Gasteiger partial charge in [0.15, 0.2) is 0 Å². The molecule has 0 aliphatic carbocycles. The van der Waals surface area contributed by atoms with Crippen molar-refractivity contribution in [3.63, 3.8) is 0 Å². The van der Waals surface area contributed by atoms with Crippen LogP contribution in [0.1, 0.15) is 11.8 Å². The number of aromatic nitrogens is 2. The molecule has 0 fully saturated rings. The molecule has 1 aromatic heterocycles. The molecule has 78 valence electrons. The highest BCUT2D eigenvalue weighted by Crippen LogP contribution is 2.15. The molecule has 1 rings (SSSR count). The summed E-state index contributed by atoms with van der Waals surface area (Å²) >= 11 is 0. The van der Waals surface area contributed by atoms with E-state index in [4.69, 9.17) is 10.2 Å². The molecule has 0 spiro atoms. The van der Waals surface area contributed by atoms with Crippen molar-refractivity contribution in [3.05, 3.63) is 24.3 Å². The lowest BCUT2D eigenvalue weighted by Gasteiger charge is -2.20. The third-order valence-electron chi connectivity index (χ3n) is 1.79. The van der Waals surface area contributed by atoms with Crippen LogP contribution < -0.4 is 0 Å². The van der Waals surface area contributed by atoms with Gasteiger partial charge in [-0.25, -0.2) is 0 Å². The SMILES string of the molecule is OC[C@@H](O)[C@@H](O)[C@H](O)c1cnccn1. The van der Waals surface area contributed by atoms with Crippen LogP contribution in [-0.2, 0) is 0 Å². The van der Waals surface area contributed by atoms with Crippen LogP contribution in [0, 0.1) is 0 Å². The Kier molecular flexibility index (Phi) is 3.90. The Balaban J connectivity index is 2.70. The zero-order valence-corrected chi connectivity index (χ0v) is 7.35. The van der Waals surface area contributed by atoms with Crippen LogP contribution in [0.25, 0.3) is 0 Å². The van der Waals surface area contributed by atoms with Gasteiger partial charge < -0.3 is 20.4 Å². The first-order chi connectivity index (χ1) is 6.66. The number of rotatable bonds is 4. The van der Waals surface area contributed by atoms with E-state index in [0.29, 0.717) is 0 Å². The Bertz CT molecular complexity index is 269. The average Bonchev–Trinajstić information content (AvgIpc) is 2.27. The number of nitrogens with zero attached hydrogens (tertiary/aromatic N) is 2. The summed E-state index contributed by atoms with van der Waals surface area (Å²) in [5.41, 5.74) is 0.146. The van der Waals surface area contributed by atoms with Crippen molar-refractivity contribution in [2.75, 3.05) is 6.61 Å². The van der Waals surface area contributed by atoms with E-state index in [9.17, 15) is 10.2 Å². The fourth-order valence-corrected chi connectivity index (χ4v) is 0.957. The fourth-order valence-electron chi connectivity index (χ4n) is 0.957. The van der Waals surface area contributed by atoms with E-state index in [1.54, 1.807) is 0 Å². The van der Waals surface area contributed by atoms with Crippen molar-refractivity contribution in [3.8, 4) is 0 Å². The summed E-state index contributed by atoms with van der Waals surface area (Å²) in [6.45, 7) is -0.626. The highest BCUT2D eigenvalue weighted by Gasteiger charge is 2.26. The maximum Gasteiger partial charge on any atom is 0.126 e. The number of aliphatic hydroxyl groups is 4. The van der Waals surface area contributed by atoms with Crippen LogP contribution in [0.5, 0.6) is 0 Å². The average molecular weight is 200 g/mol. The highest BCUT2D eigenvalue weighted by molar-refractivity contribution is 5.02. The molecule has 0 bridgehead atoms. The predicted octanol–water partition coefficient (Wildman–Crippen LogP) is -1.78. The molecular weight excluding hydrogens is 188 g/mol. The van der Waals surface area contributed by atoms with Crippen LogP contribution in [-0.4, -0.2) is 49.2 Å². The first kappa shape index (κ1) is 11.0. The van der Waals surface area contributed by atoms with Gasteiger partial charge >= 0.3 is 0 Å². The molecule has 0 aromatic carbocycles. The minimum absolute atomic E-state index is 0.146. The normalized spacial score (nSPS) is 17.4. The maximum absolute atomic E-state index is 9.47. The zero-order chi connectivity index (χ0) is 10.6. The van der Waals surface area contributed by atoms with Crippen molar-refractivity contribution in [1.29, 1.82) is 0 Å². The number of hydrogen-bond acceptors (Lipinski definition) is 6. The minimum atomic E-state index is -1.48. The molecular formula is C8H12N2O4. The third-order valence-corrected chi connectivity index (χ3v) is 1.79. The van der Waals surface area contributed by atoms with Gasteiger partial charge in [-0.15, -0.1) is 0 Å². The van der Waals surface area contributed by atoms with Crippen LogP contribution >= 0.6 is 0 Å². The minimum Gasteiger partial charge on any atom is -0.394 e. The topological polar surface area (TPSA) is 107 Å². The Morgan fingerprint density at radius 3 is 2.43 bits per heavy atom. The molecule has 1 aromatic rings. The lowest BCUT2D eigenvalue weighted by Crippen LogP contribution is -2.35. The van der Waals surface area contributed by atoms with Gasteiger partial charge in [-0.05, 0) is 0 Å². The van der Waals surface area contributed by atoms with Crippen LogP contribution in [0.3, 0.4) is 0 Å². The van der Waals surface area contributed by atoms with Gasteiger partial charge in [0.1, 0.15) is 18.3 Å². The first-order valence-electron chi connectivity index (χ1n) is 4.07. The molecule has 3 atom stereocenters. The van der Waals surface area contributed by atoms with Gasteiger partial charge in [0.05, 0.1) is 18.5 Å². The van der Waals surface area contributed by atoms with E-state index in [1.807, 2.05) is 0 Å². The predicted molar refractivity (Wildman–Crippen MR) is 46.1 cm³/mol. The van der Waals surface area contributed by atoms with Gasteiger partial charge in [0.25, 0.3) is 0 Å². The molecule has 0 saturated heterocycles. The van der Waals surface area contributed by atoms with E-state index in [-0.39, 0.29) is 5.69 Å². The standard InChI is InChI=1S/C8H12N2O4/c11-4-6(12)8(14)7(13)5-3-9-1-2-10-5/h1-3,6-8,11-14H,4H2/t6-,7-,8-/m1/s1. The van der Waals surface area contributed by atoms with Crippen molar-refractivity contribution < 1.29 is 20.4 Å². The molecule has 0 saturated carbocycles. The Morgan fingerprint density at radius 2 is 1.93 bits per heavy atom. The summed E-state index contributed by atoms with van der Waals surface area (Å²) in [5, 5.41) is 36.4. The van der Waals surface area contributed by atoms with Gasteiger partial charge in [0, 0.05) is 12.4 Å². The monoisotopic (exact) mass is 200 g/mol. The molecule has 1 heterocycles. The number of aliphatic hydroxyl groups excluding tert-OH is 4. The lowest BCUT2D eigenvalue weighted by atomic mass is 10.1. The van der Waals surface area contributed by atoms with Crippen LogP contribution in [0.4, 0.5) is 0 Å². The van der Waals surface area contributed by atoms with E-state index in [2.05, 4.69) is 9.97 Å². The van der Waals surface area contributed by atoms with Crippen LogP contribution in [0.15, 0.2) is 18.6 Å². The van der Waals surface area contributed by atoms with E-state index in [1.165, 1.54) is 18.6 Å². The Morgan fingerprint density at radius 1 is 1.21 bits per heavy atom. The second-order valence-corrected chi connectivity index (χ2v) is 2.82. The smallest absolute Gasteiger partial charge is 0.126 e. The molecule has 0 amide bonds. The van der Waals surface area contributed by atoms with Gasteiger partial charge in [-0.3, -0.25) is 9.97 Å². The van der Waals surface area contributed by atoms with Gasteiger partial charge in [0.2, 0.25) is 0 Å². The molecule has 6 nitrogen and oxygen atoms in total. The van der Waals surface area contributed by atoms with E-state index < -0.39 is 24.9 Å². The van der Waals surface area contributed by atoms with E-state index >= 15 is 0 Å². The largest absolute Gasteiger partial charge is 0.394 e. The molecule has 0 radical (unpaired) electrons. The quantitative estimate of drug-likeness (QED) is 0.458. The van der Waals surface area contributed by atoms with Crippen molar-refractivity contribution in [2.24, 2.45) is 0 Å². The molecule has 4 N–H and O–H groups in total. The Hall–Kier alpha value is -1.08. The molecule has 6 heteroatoms. The fraction of sp³-hybridized carbons (Fsp3) is 0.500. The van der Waals surface area contributed by atoms with Crippen molar-refractivity contribution in [1.82, 2.24) is 9.97 Å². The zero-order valence-electron chi connectivity index (χ0n) is 7.35. The van der Waals surface area contributed by atoms with Crippen molar-refractivity contribution in [2.45, 2.75) is 18.3 Å². The molecule has 0 unspecified atom stereocenters. The summed E-state index contributed by atoms with van der Waals surface area (Å²) in [5.74, 6) is 0. The second kappa shape index (κ2) is 4.97. The second-order valence-electron chi connectivity index (χ2n) is 2.82. The number of hydrogen-bond donors (Lipinski definition) is 4. The van der Waals surface area contributed by atoms with E-state index in [0.717, 1.165) is 0 Å². The first-order valence-corrected chi connectivity index (χ1v) is 4.07. The van der Waals surface area contributed by atoms with Gasteiger partial charge in [-0.2, -0.15) is 0 Å². The summed E-state index contributed by atoms with van der Waals surface area (Å²) in [4.78, 5) is 7.45. The van der Waals surface area contributed by atoms with Crippen LogP contribution in [0.2, 0.25) is 0 Å². The van der Waals surface area contributed by atoms with Gasteiger partial charge in [-0.1, -0.05) is 0 Å². The summed E-state index contributed by atoms with van der Waals surface area (Å²) < 4.78 is 0. The van der Waals surface area contributed by atoms with Crippen molar-refractivity contribution >= 4 is 0 Å².